The van der Waals surface area contributed by atoms with Crippen molar-refractivity contribution in [1.82, 2.24) is 25.6 Å². The highest BCUT2D eigenvalue weighted by atomic mass is 32.2. The van der Waals surface area contributed by atoms with Crippen LogP contribution < -0.4 is 10.9 Å². The Bertz CT molecular complexity index is 1080. The molecule has 2 aromatic heterocycles. The van der Waals surface area contributed by atoms with Crippen LogP contribution >= 0.6 is 11.8 Å². The van der Waals surface area contributed by atoms with Crippen LogP contribution in [0.25, 0.3) is 11.6 Å². The van der Waals surface area contributed by atoms with Crippen LogP contribution in [0, 0.1) is 10.1 Å². The van der Waals surface area contributed by atoms with Gasteiger partial charge < -0.3 is 4.42 Å². The molecule has 0 bridgehead atoms. The van der Waals surface area contributed by atoms with E-state index in [0.717, 1.165) is 17.8 Å². The number of benzene rings is 1. The van der Waals surface area contributed by atoms with Crippen molar-refractivity contribution in [3.8, 4) is 11.6 Å². The summed E-state index contributed by atoms with van der Waals surface area (Å²) < 4.78 is 7.08. The molecule has 0 spiro atoms. The van der Waals surface area contributed by atoms with Crippen LogP contribution in [0.4, 0.5) is 5.69 Å². The van der Waals surface area contributed by atoms with Crippen molar-refractivity contribution in [1.29, 1.82) is 0 Å². The molecule has 2 amide bonds. The van der Waals surface area contributed by atoms with Gasteiger partial charge in [-0.3, -0.25) is 35.1 Å². The van der Waals surface area contributed by atoms with Gasteiger partial charge in [-0.05, 0) is 18.2 Å². The Hall–Kier alpha value is -3.93. The third kappa shape index (κ3) is 4.91. The van der Waals surface area contributed by atoms with Gasteiger partial charge in [-0.25, -0.2) is 0 Å². The molecular formula is C18H16N6O5S. The van der Waals surface area contributed by atoms with Crippen molar-refractivity contribution in [2.45, 2.75) is 11.7 Å². The van der Waals surface area contributed by atoms with Gasteiger partial charge in [0.1, 0.15) is 0 Å². The van der Waals surface area contributed by atoms with Crippen LogP contribution in [0.1, 0.15) is 10.4 Å². The first-order valence-electron chi connectivity index (χ1n) is 8.54. The van der Waals surface area contributed by atoms with Crippen LogP contribution in [0.5, 0.6) is 0 Å². The highest BCUT2D eigenvalue weighted by Gasteiger charge is 2.17. The number of allylic oxidation sites excluding steroid dienone is 1. The average molecular weight is 428 g/mol. The summed E-state index contributed by atoms with van der Waals surface area (Å²) >= 11 is 1.11. The van der Waals surface area contributed by atoms with E-state index >= 15 is 0 Å². The lowest BCUT2D eigenvalue weighted by atomic mass is 10.2. The summed E-state index contributed by atoms with van der Waals surface area (Å²) in [5, 5.41) is 19.4. The molecule has 12 heteroatoms. The summed E-state index contributed by atoms with van der Waals surface area (Å²) in [7, 11) is 0. The number of rotatable bonds is 8. The average Bonchev–Trinajstić information content (AvgIpc) is 3.41. The largest absolute Gasteiger partial charge is 0.461 e. The maximum Gasteiger partial charge on any atom is 0.270 e. The minimum Gasteiger partial charge on any atom is -0.461 e. The van der Waals surface area contributed by atoms with Gasteiger partial charge in [0.25, 0.3) is 11.6 Å². The molecule has 0 atom stereocenters. The molecule has 0 aliphatic heterocycles. The van der Waals surface area contributed by atoms with Crippen LogP contribution in [-0.2, 0) is 11.3 Å². The molecule has 30 heavy (non-hydrogen) atoms. The molecule has 2 heterocycles. The number of carbonyl (C=O) groups is 2. The molecule has 3 aromatic rings. The van der Waals surface area contributed by atoms with Gasteiger partial charge in [-0.1, -0.05) is 23.9 Å². The van der Waals surface area contributed by atoms with Gasteiger partial charge in [0.15, 0.2) is 10.9 Å². The smallest absolute Gasteiger partial charge is 0.270 e. The zero-order chi connectivity index (χ0) is 21.5. The third-order valence-corrected chi connectivity index (χ3v) is 4.70. The van der Waals surface area contributed by atoms with Crippen molar-refractivity contribution >= 4 is 29.3 Å². The number of carbonyl (C=O) groups excluding carboxylic acids is 2. The fraction of sp³-hybridized carbons (Fsp3) is 0.111. The molecule has 0 fully saturated rings. The van der Waals surface area contributed by atoms with E-state index in [9.17, 15) is 19.7 Å². The van der Waals surface area contributed by atoms with Gasteiger partial charge in [-0.15, -0.1) is 16.8 Å². The topological polar surface area (TPSA) is 145 Å². The lowest BCUT2D eigenvalue weighted by Crippen LogP contribution is -2.42. The number of hydrogen-bond donors (Lipinski definition) is 2. The zero-order valence-electron chi connectivity index (χ0n) is 15.5. The summed E-state index contributed by atoms with van der Waals surface area (Å²) in [5.74, 6) is -0.187. The summed E-state index contributed by atoms with van der Waals surface area (Å²) in [4.78, 5) is 34.3. The number of aromatic nitrogens is 3. The van der Waals surface area contributed by atoms with E-state index in [1.165, 1.54) is 24.5 Å². The highest BCUT2D eigenvalue weighted by Crippen LogP contribution is 2.24. The molecular weight excluding hydrogens is 412 g/mol. The fourth-order valence-corrected chi connectivity index (χ4v) is 3.15. The van der Waals surface area contributed by atoms with Crippen molar-refractivity contribution in [3.05, 3.63) is 71.0 Å². The molecule has 2 N–H and O–H groups in total. The van der Waals surface area contributed by atoms with Crippen LogP contribution in [0.2, 0.25) is 0 Å². The minimum absolute atomic E-state index is 0.0472. The summed E-state index contributed by atoms with van der Waals surface area (Å²) in [5.41, 5.74) is 4.30. The molecule has 0 saturated carbocycles. The maximum absolute atomic E-state index is 12.1. The lowest BCUT2D eigenvalue weighted by molar-refractivity contribution is -0.384. The number of hydrogen-bond acceptors (Lipinski definition) is 8. The van der Waals surface area contributed by atoms with Crippen molar-refractivity contribution in [3.63, 3.8) is 0 Å². The predicted octanol–water partition coefficient (Wildman–Crippen LogP) is 2.19. The molecule has 0 aliphatic rings. The quantitative estimate of drug-likeness (QED) is 0.240. The van der Waals surface area contributed by atoms with E-state index in [-0.39, 0.29) is 17.0 Å². The summed E-state index contributed by atoms with van der Waals surface area (Å²) in [6, 6.07) is 8.64. The summed E-state index contributed by atoms with van der Waals surface area (Å²) in [6.45, 7) is 4.12. The molecule has 154 valence electrons. The standard InChI is InChI=1S/C18H16N6O5S/c1-2-8-23-16(14-7-4-9-29-14)20-22-18(23)30-11-15(25)19-21-17(26)12-5-3-6-13(10-12)24(27)28/h2-7,9-10H,1,8,11H2,(H,19,25)(H,21,26). The molecule has 1 aromatic carbocycles. The number of amides is 2. The Morgan fingerprint density at radius 2 is 2.10 bits per heavy atom. The number of nitro groups is 1. The van der Waals surface area contributed by atoms with E-state index in [1.807, 2.05) is 0 Å². The fourth-order valence-electron chi connectivity index (χ4n) is 2.40. The van der Waals surface area contributed by atoms with Crippen LogP contribution in [0.15, 0.2) is 64.9 Å². The predicted molar refractivity (Wildman–Crippen MR) is 107 cm³/mol. The zero-order valence-corrected chi connectivity index (χ0v) is 16.3. The van der Waals surface area contributed by atoms with E-state index in [1.54, 1.807) is 22.8 Å². The van der Waals surface area contributed by atoms with Gasteiger partial charge in [0, 0.05) is 24.2 Å². The Morgan fingerprint density at radius 3 is 2.80 bits per heavy atom. The number of non-ortho nitro benzene ring substituents is 1. The normalized spacial score (nSPS) is 10.4. The van der Waals surface area contributed by atoms with Crippen LogP contribution in [0.3, 0.4) is 0 Å². The van der Waals surface area contributed by atoms with E-state index < -0.39 is 16.7 Å². The maximum atomic E-state index is 12.1. The Kier molecular flexibility index (Phi) is 6.60. The van der Waals surface area contributed by atoms with Gasteiger partial charge in [0.05, 0.1) is 16.9 Å². The lowest BCUT2D eigenvalue weighted by Gasteiger charge is -2.08. The van der Waals surface area contributed by atoms with E-state index in [0.29, 0.717) is 23.3 Å². The number of thioether (sulfide) groups is 1. The first-order valence-corrected chi connectivity index (χ1v) is 9.52. The first kappa shape index (κ1) is 20.8. The molecule has 0 unspecified atom stereocenters. The molecule has 0 saturated heterocycles. The van der Waals surface area contributed by atoms with E-state index in [4.69, 9.17) is 4.42 Å². The second kappa shape index (κ2) is 9.52. The number of nitrogens with one attached hydrogen (secondary N) is 2. The first-order chi connectivity index (χ1) is 14.5. The van der Waals surface area contributed by atoms with Crippen molar-refractivity contribution < 1.29 is 18.9 Å². The Morgan fingerprint density at radius 1 is 1.27 bits per heavy atom. The van der Waals surface area contributed by atoms with E-state index in [2.05, 4.69) is 27.6 Å². The minimum atomic E-state index is -0.674. The number of hydrazine groups is 1. The number of furan rings is 1. The third-order valence-electron chi connectivity index (χ3n) is 3.74. The summed E-state index contributed by atoms with van der Waals surface area (Å²) in [6.07, 6.45) is 3.19. The van der Waals surface area contributed by atoms with Gasteiger partial charge in [0.2, 0.25) is 11.7 Å². The monoisotopic (exact) mass is 428 g/mol. The molecule has 3 rings (SSSR count). The molecule has 0 radical (unpaired) electrons. The van der Waals surface area contributed by atoms with Crippen LogP contribution in [-0.4, -0.2) is 37.3 Å². The Labute approximate surface area is 174 Å². The highest BCUT2D eigenvalue weighted by molar-refractivity contribution is 7.99. The Balaban J connectivity index is 1.57. The van der Waals surface area contributed by atoms with Crippen molar-refractivity contribution in [2.75, 3.05) is 5.75 Å². The SMILES string of the molecule is C=CCn1c(SCC(=O)NNC(=O)c2cccc([N+](=O)[O-])c2)nnc1-c1ccco1. The number of nitrogens with zero attached hydrogens (tertiary/aromatic N) is 4. The number of nitro benzene ring substituents is 1. The van der Waals surface area contributed by atoms with Gasteiger partial charge in [-0.2, -0.15) is 0 Å². The van der Waals surface area contributed by atoms with Crippen molar-refractivity contribution in [2.24, 2.45) is 0 Å². The molecule has 11 nitrogen and oxygen atoms in total. The second-order valence-corrected chi connectivity index (χ2v) is 6.72. The second-order valence-electron chi connectivity index (χ2n) is 5.78. The molecule has 0 aliphatic carbocycles. The van der Waals surface area contributed by atoms with Gasteiger partial charge >= 0.3 is 0 Å².